The number of ether oxygens (including phenoxy) is 1. The molecule has 0 bridgehead atoms. The summed E-state index contributed by atoms with van der Waals surface area (Å²) in [5.74, 6) is 0.784. The Balaban J connectivity index is 2.18. The molecule has 1 aromatic rings. The van der Waals surface area contributed by atoms with Gasteiger partial charge in [-0.15, -0.1) is 0 Å². The van der Waals surface area contributed by atoms with Gasteiger partial charge >= 0.3 is 0 Å². The largest absolute Gasteiger partial charge is 0.375 e. The Kier molecular flexibility index (Phi) is 2.93. The fourth-order valence-electron chi connectivity index (χ4n) is 1.74. The van der Waals surface area contributed by atoms with Gasteiger partial charge in [-0.2, -0.15) is 0 Å². The molecule has 0 saturated carbocycles. The molecule has 1 N–H and O–H groups in total. The molecule has 0 radical (unpaired) electrons. The van der Waals surface area contributed by atoms with Gasteiger partial charge in [0.05, 0.1) is 18.1 Å². The van der Waals surface area contributed by atoms with Crippen molar-refractivity contribution in [3.63, 3.8) is 0 Å². The van der Waals surface area contributed by atoms with Crippen LogP contribution in [0, 0.1) is 0 Å². The van der Waals surface area contributed by atoms with E-state index in [4.69, 9.17) is 4.74 Å². The normalized spacial score (nSPS) is 22.7. The van der Waals surface area contributed by atoms with E-state index in [1.165, 1.54) is 12.7 Å². The highest BCUT2D eigenvalue weighted by Gasteiger charge is 2.35. The first-order chi connectivity index (χ1) is 7.21. The first kappa shape index (κ1) is 10.4. The van der Waals surface area contributed by atoms with Gasteiger partial charge in [0.25, 0.3) is 0 Å². The van der Waals surface area contributed by atoms with Gasteiger partial charge in [0.2, 0.25) is 0 Å². The molecule has 0 aliphatic carbocycles. The van der Waals surface area contributed by atoms with Gasteiger partial charge in [0.15, 0.2) is 0 Å². The molecule has 0 amide bonds. The van der Waals surface area contributed by atoms with Gasteiger partial charge in [-0.3, -0.25) is 0 Å². The van der Waals surface area contributed by atoms with Crippen molar-refractivity contribution in [2.24, 2.45) is 0 Å². The summed E-state index contributed by atoms with van der Waals surface area (Å²) >= 11 is 0. The molecule has 1 atom stereocenters. The summed E-state index contributed by atoms with van der Waals surface area (Å²) in [4.78, 5) is 12.2. The third-order valence-electron chi connectivity index (χ3n) is 2.80. The smallest absolute Gasteiger partial charge is 0.140 e. The lowest BCUT2D eigenvalue weighted by molar-refractivity contribution is -0.0164. The van der Waals surface area contributed by atoms with Gasteiger partial charge in [-0.1, -0.05) is 13.8 Å². The molecule has 5 heteroatoms. The zero-order valence-corrected chi connectivity index (χ0v) is 9.10. The average Bonchev–Trinajstić information content (AvgIpc) is 2.31. The molecule has 5 nitrogen and oxygen atoms in total. The van der Waals surface area contributed by atoms with Crippen LogP contribution in [0.2, 0.25) is 0 Å². The van der Waals surface area contributed by atoms with Crippen LogP contribution in [0.1, 0.15) is 19.7 Å². The van der Waals surface area contributed by atoms with E-state index in [0.29, 0.717) is 0 Å². The van der Waals surface area contributed by atoms with Gasteiger partial charge in [-0.25, -0.2) is 15.0 Å². The van der Waals surface area contributed by atoms with Crippen LogP contribution in [0.3, 0.4) is 0 Å². The van der Waals surface area contributed by atoms with Crippen LogP contribution in [0.25, 0.3) is 0 Å². The van der Waals surface area contributed by atoms with E-state index < -0.39 is 0 Å². The lowest BCUT2D eigenvalue weighted by Crippen LogP contribution is -2.49. The average molecular weight is 208 g/mol. The minimum absolute atomic E-state index is 0.119. The molecule has 0 spiro atoms. The van der Waals surface area contributed by atoms with Crippen LogP contribution >= 0.6 is 0 Å². The third kappa shape index (κ3) is 2.13. The first-order valence-electron chi connectivity index (χ1n) is 5.16. The lowest BCUT2D eigenvalue weighted by Gasteiger charge is -2.35. The van der Waals surface area contributed by atoms with E-state index in [9.17, 15) is 0 Å². The highest BCUT2D eigenvalue weighted by atomic mass is 16.5. The molecule has 2 rings (SSSR count). The van der Waals surface area contributed by atoms with E-state index in [1.54, 1.807) is 0 Å². The molecule has 15 heavy (non-hydrogen) atoms. The standard InChI is InChI=1S/C10H16N4O/c1-10(2,8-5-11-3-4-15-8)9-13-6-12-7-14-9/h6-8,11H,3-5H2,1-2H3. The van der Waals surface area contributed by atoms with Crippen LogP contribution < -0.4 is 5.32 Å². The van der Waals surface area contributed by atoms with Crippen molar-refractivity contribution in [3.05, 3.63) is 18.5 Å². The maximum atomic E-state index is 5.73. The Bertz CT molecular complexity index is 308. The van der Waals surface area contributed by atoms with Gasteiger partial charge in [-0.05, 0) is 0 Å². The van der Waals surface area contributed by atoms with Crippen LogP contribution in [0.5, 0.6) is 0 Å². The Morgan fingerprint density at radius 3 is 2.73 bits per heavy atom. The molecule has 1 aliphatic rings. The Labute approximate surface area is 89.3 Å². The lowest BCUT2D eigenvalue weighted by atomic mass is 9.85. The summed E-state index contributed by atoms with van der Waals surface area (Å²) in [6.45, 7) is 6.71. The summed E-state index contributed by atoms with van der Waals surface area (Å²) in [6, 6.07) is 0. The van der Waals surface area contributed by atoms with E-state index >= 15 is 0 Å². The molecule has 1 fully saturated rings. The van der Waals surface area contributed by atoms with Crippen molar-refractivity contribution in [1.82, 2.24) is 20.3 Å². The summed E-state index contributed by atoms with van der Waals surface area (Å²) < 4.78 is 5.73. The SMILES string of the molecule is CC(C)(c1ncncn1)C1CNCCO1. The summed E-state index contributed by atoms with van der Waals surface area (Å²) in [6.07, 6.45) is 3.18. The number of nitrogens with one attached hydrogen (secondary N) is 1. The highest BCUT2D eigenvalue weighted by molar-refractivity contribution is 5.07. The predicted molar refractivity (Wildman–Crippen MR) is 55.5 cm³/mol. The zero-order valence-electron chi connectivity index (χ0n) is 9.10. The molecule has 1 aliphatic heterocycles. The molecule has 1 saturated heterocycles. The summed E-state index contributed by atoms with van der Waals surface area (Å²) in [5, 5.41) is 3.31. The molecular formula is C10H16N4O. The molecular weight excluding hydrogens is 192 g/mol. The van der Waals surface area contributed by atoms with Crippen molar-refractivity contribution in [2.75, 3.05) is 19.7 Å². The number of aromatic nitrogens is 3. The summed E-state index contributed by atoms with van der Waals surface area (Å²) in [7, 11) is 0. The Morgan fingerprint density at radius 2 is 2.13 bits per heavy atom. The number of morpholine rings is 1. The topological polar surface area (TPSA) is 59.9 Å². The third-order valence-corrected chi connectivity index (χ3v) is 2.80. The minimum Gasteiger partial charge on any atom is -0.375 e. The highest BCUT2D eigenvalue weighted by Crippen LogP contribution is 2.26. The number of rotatable bonds is 2. The first-order valence-corrected chi connectivity index (χ1v) is 5.16. The van der Waals surface area contributed by atoms with Crippen molar-refractivity contribution in [3.8, 4) is 0 Å². The van der Waals surface area contributed by atoms with Crippen molar-refractivity contribution < 1.29 is 4.74 Å². The van der Waals surface area contributed by atoms with E-state index in [0.717, 1.165) is 25.5 Å². The van der Waals surface area contributed by atoms with Crippen molar-refractivity contribution >= 4 is 0 Å². The molecule has 2 heterocycles. The number of nitrogens with zero attached hydrogens (tertiary/aromatic N) is 3. The fourth-order valence-corrected chi connectivity index (χ4v) is 1.74. The van der Waals surface area contributed by atoms with Crippen LogP contribution in [0.15, 0.2) is 12.7 Å². The van der Waals surface area contributed by atoms with Crippen LogP contribution in [-0.4, -0.2) is 40.8 Å². The van der Waals surface area contributed by atoms with Gasteiger partial charge < -0.3 is 10.1 Å². The van der Waals surface area contributed by atoms with E-state index in [1.807, 2.05) is 0 Å². The molecule has 82 valence electrons. The van der Waals surface area contributed by atoms with Crippen molar-refractivity contribution in [1.29, 1.82) is 0 Å². The molecule has 1 unspecified atom stereocenters. The van der Waals surface area contributed by atoms with E-state index in [-0.39, 0.29) is 11.5 Å². The molecule has 0 aromatic carbocycles. The maximum absolute atomic E-state index is 5.73. The Hall–Kier alpha value is -1.07. The van der Waals surface area contributed by atoms with Gasteiger partial charge in [0, 0.05) is 13.1 Å². The predicted octanol–water partition coefficient (Wildman–Crippen LogP) is 0.138. The Morgan fingerprint density at radius 1 is 1.40 bits per heavy atom. The zero-order chi connectivity index (χ0) is 10.7. The maximum Gasteiger partial charge on any atom is 0.140 e. The van der Waals surface area contributed by atoms with E-state index in [2.05, 4.69) is 34.1 Å². The second-order valence-electron chi connectivity index (χ2n) is 4.25. The quantitative estimate of drug-likeness (QED) is 0.749. The number of hydrogen-bond donors (Lipinski definition) is 1. The monoisotopic (exact) mass is 208 g/mol. The summed E-state index contributed by atoms with van der Waals surface area (Å²) in [5.41, 5.74) is -0.184. The molecule has 1 aromatic heterocycles. The van der Waals surface area contributed by atoms with Crippen LogP contribution in [-0.2, 0) is 10.2 Å². The fraction of sp³-hybridized carbons (Fsp3) is 0.700. The van der Waals surface area contributed by atoms with Gasteiger partial charge in [0.1, 0.15) is 18.5 Å². The second kappa shape index (κ2) is 4.20. The van der Waals surface area contributed by atoms with Crippen LogP contribution in [0.4, 0.5) is 0 Å². The van der Waals surface area contributed by atoms with Crippen molar-refractivity contribution in [2.45, 2.75) is 25.4 Å². The second-order valence-corrected chi connectivity index (χ2v) is 4.25. The minimum atomic E-state index is -0.184. The number of hydrogen-bond acceptors (Lipinski definition) is 5.